The maximum Gasteiger partial charge on any atom is 0.233 e. The molecule has 2 amide bonds. The number of aliphatic imine (C=N–C) groups is 1. The second-order valence-electron chi connectivity index (χ2n) is 8.67. The SMILES string of the molecule is CCNC(=NCC(O)Cc1ccccc1)NCCCN1C(=O)C2C3C=CC(C3)C2C1=O.I. The van der Waals surface area contributed by atoms with Crippen LogP contribution >= 0.6 is 24.0 Å². The Morgan fingerprint density at radius 1 is 1.12 bits per heavy atom. The van der Waals surface area contributed by atoms with Gasteiger partial charge in [0.2, 0.25) is 11.8 Å². The summed E-state index contributed by atoms with van der Waals surface area (Å²) >= 11 is 0. The molecule has 1 heterocycles. The molecule has 7 nitrogen and oxygen atoms in total. The Morgan fingerprint density at radius 2 is 1.78 bits per heavy atom. The van der Waals surface area contributed by atoms with Crippen LogP contribution in [0.4, 0.5) is 0 Å². The predicted octanol–water partition coefficient (Wildman–Crippen LogP) is 1.96. The molecule has 174 valence electrons. The fraction of sp³-hybridized carbons (Fsp3) is 0.542. The number of nitrogens with one attached hydrogen (secondary N) is 2. The molecule has 0 radical (unpaired) electrons. The Bertz CT molecular complexity index is 830. The highest BCUT2D eigenvalue weighted by atomic mass is 127. The molecule has 2 fully saturated rings. The van der Waals surface area contributed by atoms with Crippen molar-refractivity contribution < 1.29 is 14.7 Å². The van der Waals surface area contributed by atoms with Gasteiger partial charge in [-0.3, -0.25) is 19.5 Å². The van der Waals surface area contributed by atoms with Gasteiger partial charge >= 0.3 is 0 Å². The highest BCUT2D eigenvalue weighted by Crippen LogP contribution is 2.52. The Kier molecular flexibility index (Phi) is 8.70. The van der Waals surface area contributed by atoms with Gasteiger partial charge < -0.3 is 15.7 Å². The third kappa shape index (κ3) is 5.33. The molecule has 3 aliphatic rings. The molecule has 2 bridgehead atoms. The van der Waals surface area contributed by atoms with Crippen molar-refractivity contribution in [1.29, 1.82) is 0 Å². The molecule has 32 heavy (non-hydrogen) atoms. The highest BCUT2D eigenvalue weighted by molar-refractivity contribution is 14.0. The number of hydrogen-bond donors (Lipinski definition) is 3. The zero-order valence-electron chi connectivity index (χ0n) is 18.4. The Hall–Kier alpha value is -1.94. The molecular formula is C24H33IN4O3. The van der Waals surface area contributed by atoms with Gasteiger partial charge in [0.05, 0.1) is 24.5 Å². The molecule has 1 aliphatic heterocycles. The van der Waals surface area contributed by atoms with Crippen LogP contribution in [0.15, 0.2) is 47.5 Å². The smallest absolute Gasteiger partial charge is 0.233 e. The molecule has 1 saturated carbocycles. The summed E-state index contributed by atoms with van der Waals surface area (Å²) in [6.07, 6.45) is 5.86. The van der Waals surface area contributed by atoms with E-state index in [4.69, 9.17) is 0 Å². The molecular weight excluding hydrogens is 519 g/mol. The van der Waals surface area contributed by atoms with Gasteiger partial charge in [0.15, 0.2) is 5.96 Å². The average Bonchev–Trinajstić information content (AvgIpc) is 3.45. The first kappa shape index (κ1) is 24.7. The van der Waals surface area contributed by atoms with Crippen LogP contribution in [0.3, 0.4) is 0 Å². The van der Waals surface area contributed by atoms with Gasteiger partial charge in [-0.05, 0) is 37.2 Å². The van der Waals surface area contributed by atoms with Crippen molar-refractivity contribution >= 4 is 41.8 Å². The molecule has 0 aromatic heterocycles. The second kappa shape index (κ2) is 11.3. The predicted molar refractivity (Wildman–Crippen MR) is 135 cm³/mol. The van der Waals surface area contributed by atoms with E-state index in [9.17, 15) is 14.7 Å². The van der Waals surface area contributed by atoms with E-state index < -0.39 is 6.10 Å². The van der Waals surface area contributed by atoms with Gasteiger partial charge in [-0.15, -0.1) is 24.0 Å². The van der Waals surface area contributed by atoms with Crippen molar-refractivity contribution in [1.82, 2.24) is 15.5 Å². The lowest BCUT2D eigenvalue weighted by Gasteiger charge is -2.18. The highest BCUT2D eigenvalue weighted by Gasteiger charge is 2.58. The maximum atomic E-state index is 12.7. The molecule has 1 saturated heterocycles. The number of halogens is 1. The van der Waals surface area contributed by atoms with Gasteiger partial charge in [0, 0.05) is 26.1 Å². The largest absolute Gasteiger partial charge is 0.391 e. The van der Waals surface area contributed by atoms with Gasteiger partial charge in [-0.2, -0.15) is 0 Å². The van der Waals surface area contributed by atoms with Crippen LogP contribution in [0.25, 0.3) is 0 Å². The lowest BCUT2D eigenvalue weighted by Crippen LogP contribution is -2.40. The normalized spacial score (nSPS) is 26.8. The van der Waals surface area contributed by atoms with Crippen molar-refractivity contribution in [2.24, 2.45) is 28.7 Å². The Morgan fingerprint density at radius 3 is 2.41 bits per heavy atom. The van der Waals surface area contributed by atoms with Gasteiger partial charge in [-0.1, -0.05) is 42.5 Å². The molecule has 8 heteroatoms. The lowest BCUT2D eigenvalue weighted by molar-refractivity contribution is -0.140. The van der Waals surface area contributed by atoms with Crippen molar-refractivity contribution in [3.63, 3.8) is 0 Å². The first-order valence-electron chi connectivity index (χ1n) is 11.4. The molecule has 3 N–H and O–H groups in total. The van der Waals surface area contributed by atoms with E-state index in [0.29, 0.717) is 45.0 Å². The fourth-order valence-electron chi connectivity index (χ4n) is 5.12. The van der Waals surface area contributed by atoms with Crippen LogP contribution in [0.1, 0.15) is 25.3 Å². The molecule has 4 rings (SSSR count). The lowest BCUT2D eigenvalue weighted by atomic mass is 9.85. The third-order valence-corrected chi connectivity index (χ3v) is 6.53. The number of imide groups is 1. The summed E-state index contributed by atoms with van der Waals surface area (Å²) in [4.78, 5) is 31.4. The van der Waals surface area contributed by atoms with E-state index in [0.717, 1.165) is 12.0 Å². The van der Waals surface area contributed by atoms with Crippen LogP contribution in [0.5, 0.6) is 0 Å². The third-order valence-electron chi connectivity index (χ3n) is 6.53. The van der Waals surface area contributed by atoms with E-state index in [1.54, 1.807) is 0 Å². The monoisotopic (exact) mass is 552 g/mol. The number of aliphatic hydroxyl groups excluding tert-OH is 1. The van der Waals surface area contributed by atoms with Gasteiger partial charge in [-0.25, -0.2) is 0 Å². The number of nitrogens with zero attached hydrogens (tertiary/aromatic N) is 2. The number of carbonyl (C=O) groups excluding carboxylic acids is 2. The second-order valence-corrected chi connectivity index (χ2v) is 8.67. The van der Waals surface area contributed by atoms with Crippen LogP contribution in [0.2, 0.25) is 0 Å². The quantitative estimate of drug-likeness (QED) is 0.109. The number of amides is 2. The number of rotatable bonds is 9. The summed E-state index contributed by atoms with van der Waals surface area (Å²) in [7, 11) is 0. The summed E-state index contributed by atoms with van der Waals surface area (Å²) in [5, 5.41) is 16.7. The number of aliphatic hydroxyl groups is 1. The zero-order chi connectivity index (χ0) is 21.8. The molecule has 1 aromatic rings. The topological polar surface area (TPSA) is 94.0 Å². The first-order chi connectivity index (χ1) is 15.1. The van der Waals surface area contributed by atoms with E-state index in [-0.39, 0.29) is 59.5 Å². The van der Waals surface area contributed by atoms with Crippen LogP contribution < -0.4 is 10.6 Å². The fourth-order valence-corrected chi connectivity index (χ4v) is 5.12. The number of allylic oxidation sites excluding steroid dienone is 2. The molecule has 5 atom stereocenters. The Balaban J connectivity index is 0.00000289. The summed E-state index contributed by atoms with van der Waals surface area (Å²) in [6.45, 7) is 4.03. The van der Waals surface area contributed by atoms with Crippen LogP contribution in [-0.4, -0.2) is 60.1 Å². The van der Waals surface area contributed by atoms with E-state index >= 15 is 0 Å². The summed E-state index contributed by atoms with van der Waals surface area (Å²) in [6, 6.07) is 9.86. The first-order valence-corrected chi connectivity index (χ1v) is 11.4. The van der Waals surface area contributed by atoms with Gasteiger partial charge in [0.25, 0.3) is 0 Å². The summed E-state index contributed by atoms with van der Waals surface area (Å²) in [5.41, 5.74) is 1.08. The van der Waals surface area contributed by atoms with E-state index in [1.165, 1.54) is 4.90 Å². The van der Waals surface area contributed by atoms with Gasteiger partial charge in [0.1, 0.15) is 0 Å². The number of guanidine groups is 1. The van der Waals surface area contributed by atoms with Crippen LogP contribution in [0, 0.1) is 23.7 Å². The van der Waals surface area contributed by atoms with Crippen molar-refractivity contribution in [3.05, 3.63) is 48.0 Å². The number of hydrogen-bond acceptors (Lipinski definition) is 4. The van der Waals surface area contributed by atoms with Crippen molar-refractivity contribution in [3.8, 4) is 0 Å². The van der Waals surface area contributed by atoms with Crippen molar-refractivity contribution in [2.75, 3.05) is 26.2 Å². The summed E-state index contributed by atoms with van der Waals surface area (Å²) in [5.74, 6) is 0.912. The number of likely N-dealkylation sites (tertiary alicyclic amines) is 1. The molecule has 1 aromatic carbocycles. The number of benzene rings is 1. The summed E-state index contributed by atoms with van der Waals surface area (Å²) < 4.78 is 0. The molecule has 0 spiro atoms. The zero-order valence-corrected chi connectivity index (χ0v) is 20.8. The van der Waals surface area contributed by atoms with E-state index in [2.05, 4.69) is 27.8 Å². The van der Waals surface area contributed by atoms with Crippen molar-refractivity contribution in [2.45, 2.75) is 32.3 Å². The minimum Gasteiger partial charge on any atom is -0.391 e. The van der Waals surface area contributed by atoms with Crippen LogP contribution in [-0.2, 0) is 16.0 Å². The minimum absolute atomic E-state index is 0. The maximum absolute atomic E-state index is 12.7. The number of fused-ring (bicyclic) bond motifs is 5. The molecule has 2 aliphatic carbocycles. The minimum atomic E-state index is -0.555. The van der Waals surface area contributed by atoms with E-state index in [1.807, 2.05) is 37.3 Å². The molecule has 5 unspecified atom stereocenters. The number of carbonyl (C=O) groups is 2. The average molecular weight is 552 g/mol. The standard InChI is InChI=1S/C24H32N4O3.HI/c1-2-25-24(27-15-19(29)13-16-7-4-3-5-8-16)26-11-6-12-28-22(30)20-17-9-10-18(14-17)21(20)23(28)31;/h3-5,7-10,17-21,29H,2,6,11-15H2,1H3,(H2,25,26,27);1H. The Labute approximate surface area is 206 Å².